The Balaban J connectivity index is 1.56. The monoisotopic (exact) mass is 452 g/mol. The lowest BCUT2D eigenvalue weighted by Gasteiger charge is -2.29. The molecule has 6 heteroatoms. The standard InChI is InChI=1S/C29H20N6/c1-3-20-26-15-31-11-13-33(26)17-22-23-18-34-14-12-32-16-27(34)21-4-2-6-25(29(21)23)35(24(5-1)28(20)22)19-7-9-30-10-8-19/h1-16H,17-18H2/q+2. The first-order chi connectivity index (χ1) is 17.4. The predicted octanol–water partition coefficient (Wildman–Crippen LogP) is 4.50. The maximum Gasteiger partial charge on any atom is 0.231 e. The summed E-state index contributed by atoms with van der Waals surface area (Å²) in [6.45, 7) is 1.60. The van der Waals surface area contributed by atoms with Gasteiger partial charge in [0.2, 0.25) is 11.4 Å². The van der Waals surface area contributed by atoms with E-state index in [1.165, 1.54) is 44.8 Å². The Morgan fingerprint density at radius 3 is 1.69 bits per heavy atom. The van der Waals surface area contributed by atoms with Crippen LogP contribution in [-0.4, -0.2) is 15.0 Å². The minimum Gasteiger partial charge on any atom is -0.309 e. The van der Waals surface area contributed by atoms with Gasteiger partial charge in [-0.25, -0.2) is 0 Å². The van der Waals surface area contributed by atoms with E-state index in [0.29, 0.717) is 0 Å². The van der Waals surface area contributed by atoms with Gasteiger partial charge in [-0.2, -0.15) is 9.13 Å². The van der Waals surface area contributed by atoms with Crippen molar-refractivity contribution in [2.45, 2.75) is 13.1 Å². The number of allylic oxidation sites excluding steroid dienone is 2. The Morgan fingerprint density at radius 2 is 1.14 bits per heavy atom. The molecule has 0 amide bonds. The molecule has 164 valence electrons. The quantitative estimate of drug-likeness (QED) is 0.352. The molecule has 0 saturated carbocycles. The molecule has 0 atom stereocenters. The molecule has 3 aromatic heterocycles. The lowest BCUT2D eigenvalue weighted by Crippen LogP contribution is -2.42. The van der Waals surface area contributed by atoms with Crippen LogP contribution in [0.5, 0.6) is 0 Å². The van der Waals surface area contributed by atoms with Crippen LogP contribution in [0.4, 0.5) is 17.1 Å². The second kappa shape index (κ2) is 6.90. The summed E-state index contributed by atoms with van der Waals surface area (Å²) < 4.78 is 4.64. The Kier molecular flexibility index (Phi) is 3.68. The van der Waals surface area contributed by atoms with E-state index in [0.717, 1.165) is 30.2 Å². The zero-order valence-electron chi connectivity index (χ0n) is 18.8. The van der Waals surface area contributed by atoms with E-state index in [1.54, 1.807) is 0 Å². The summed E-state index contributed by atoms with van der Waals surface area (Å²) in [6, 6.07) is 17.4. The van der Waals surface area contributed by atoms with E-state index in [4.69, 9.17) is 0 Å². The third-order valence-corrected chi connectivity index (χ3v) is 7.34. The van der Waals surface area contributed by atoms with Crippen molar-refractivity contribution >= 4 is 28.2 Å². The normalized spacial score (nSPS) is 14.5. The van der Waals surface area contributed by atoms with Crippen LogP contribution in [0, 0.1) is 0 Å². The summed E-state index contributed by atoms with van der Waals surface area (Å²) in [7, 11) is 0. The topological polar surface area (TPSA) is 49.7 Å². The minimum atomic E-state index is 0.802. The van der Waals surface area contributed by atoms with Crippen molar-refractivity contribution in [1.82, 2.24) is 15.0 Å². The molecule has 3 aliphatic rings. The highest BCUT2D eigenvalue weighted by atomic mass is 15.2. The number of nitrogens with zero attached hydrogens (tertiary/aromatic N) is 6. The van der Waals surface area contributed by atoms with Crippen LogP contribution in [0.3, 0.4) is 0 Å². The number of hydrogen-bond donors (Lipinski definition) is 0. The minimum absolute atomic E-state index is 0.802. The molecule has 6 nitrogen and oxygen atoms in total. The number of anilines is 3. The first kappa shape index (κ1) is 18.7. The molecular weight excluding hydrogens is 432 g/mol. The number of benzene rings is 2. The van der Waals surface area contributed by atoms with Gasteiger partial charge in [-0.3, -0.25) is 15.0 Å². The maximum absolute atomic E-state index is 4.46. The van der Waals surface area contributed by atoms with E-state index in [2.05, 4.69) is 89.9 Å². The molecule has 0 spiro atoms. The highest BCUT2D eigenvalue weighted by molar-refractivity contribution is 6.09. The Hall–Kier alpha value is -4.71. The third-order valence-electron chi connectivity index (χ3n) is 7.34. The molecule has 8 rings (SSSR count). The van der Waals surface area contributed by atoms with Crippen molar-refractivity contribution in [2.75, 3.05) is 4.90 Å². The summed E-state index contributed by atoms with van der Waals surface area (Å²) in [5.74, 6) is 0. The van der Waals surface area contributed by atoms with Gasteiger partial charge in [0.05, 0.1) is 47.3 Å². The summed E-state index contributed by atoms with van der Waals surface area (Å²) >= 11 is 0. The predicted molar refractivity (Wildman–Crippen MR) is 133 cm³/mol. The highest BCUT2D eigenvalue weighted by Gasteiger charge is 2.40. The zero-order chi connectivity index (χ0) is 22.9. The van der Waals surface area contributed by atoms with Gasteiger partial charge in [0, 0.05) is 40.4 Å². The molecule has 2 aromatic carbocycles. The fraction of sp³-hybridized carbons (Fsp3) is 0.0690. The number of fused-ring (bicyclic) bond motifs is 4. The largest absolute Gasteiger partial charge is 0.309 e. The van der Waals surface area contributed by atoms with Crippen LogP contribution < -0.4 is 14.0 Å². The van der Waals surface area contributed by atoms with Crippen molar-refractivity contribution < 1.29 is 9.13 Å². The fourth-order valence-electron chi connectivity index (χ4n) is 5.91. The van der Waals surface area contributed by atoms with Gasteiger partial charge >= 0.3 is 0 Å². The van der Waals surface area contributed by atoms with Crippen molar-refractivity contribution in [1.29, 1.82) is 0 Å². The average Bonchev–Trinajstić information content (AvgIpc) is 3.04. The Bertz CT molecular complexity index is 1600. The number of aromatic nitrogens is 5. The first-order valence-electron chi connectivity index (χ1n) is 11.7. The zero-order valence-corrected chi connectivity index (χ0v) is 18.8. The third kappa shape index (κ3) is 2.51. The van der Waals surface area contributed by atoms with Gasteiger partial charge in [0.25, 0.3) is 0 Å². The van der Waals surface area contributed by atoms with Gasteiger partial charge in [0.1, 0.15) is 0 Å². The summed E-state index contributed by atoms with van der Waals surface area (Å²) in [4.78, 5) is 15.6. The molecule has 0 saturated heterocycles. The molecule has 0 fully saturated rings. The molecule has 0 radical (unpaired) electrons. The maximum atomic E-state index is 4.46. The lowest BCUT2D eigenvalue weighted by atomic mass is 9.84. The second-order valence-electron chi connectivity index (χ2n) is 9.08. The van der Waals surface area contributed by atoms with Crippen LogP contribution in [0.15, 0.2) is 98.1 Å². The SMILES string of the molecule is c1cc2c3c(c1)N(c1ccncc1)c1cccc4c1C(=C3C[n+]1ccncc1-2)C[n+]1ccncc1-4. The molecule has 3 aliphatic heterocycles. The molecule has 5 aromatic rings. The molecule has 0 bridgehead atoms. The number of pyridine rings is 1. The van der Waals surface area contributed by atoms with Crippen molar-refractivity contribution in [3.05, 3.63) is 109 Å². The van der Waals surface area contributed by atoms with E-state index in [-0.39, 0.29) is 0 Å². The van der Waals surface area contributed by atoms with Gasteiger partial charge in [-0.15, -0.1) is 0 Å². The smallest absolute Gasteiger partial charge is 0.231 e. The van der Waals surface area contributed by atoms with Crippen LogP contribution in [-0.2, 0) is 13.1 Å². The van der Waals surface area contributed by atoms with Crippen molar-refractivity contribution in [3.63, 3.8) is 0 Å². The van der Waals surface area contributed by atoms with Crippen molar-refractivity contribution in [2.24, 2.45) is 0 Å². The number of rotatable bonds is 1. The van der Waals surface area contributed by atoms with Crippen LogP contribution in [0.25, 0.3) is 33.7 Å². The average molecular weight is 453 g/mol. The van der Waals surface area contributed by atoms with Crippen LogP contribution in [0.1, 0.15) is 11.1 Å². The van der Waals surface area contributed by atoms with Gasteiger partial charge in [0.15, 0.2) is 25.5 Å². The van der Waals surface area contributed by atoms with E-state index in [9.17, 15) is 0 Å². The van der Waals surface area contributed by atoms with Crippen molar-refractivity contribution in [3.8, 4) is 22.5 Å². The first-order valence-corrected chi connectivity index (χ1v) is 11.7. The molecule has 0 aliphatic carbocycles. The van der Waals surface area contributed by atoms with E-state index < -0.39 is 0 Å². The molecule has 6 heterocycles. The van der Waals surface area contributed by atoms with Gasteiger partial charge in [-0.1, -0.05) is 12.1 Å². The van der Waals surface area contributed by atoms with Crippen LogP contribution >= 0.6 is 0 Å². The van der Waals surface area contributed by atoms with Gasteiger partial charge in [-0.05, 0) is 36.4 Å². The molecule has 0 N–H and O–H groups in total. The molecule has 0 unspecified atom stereocenters. The van der Waals surface area contributed by atoms with E-state index >= 15 is 0 Å². The molecular formula is C29H20N6+2. The summed E-state index contributed by atoms with van der Waals surface area (Å²) in [5, 5.41) is 0. The van der Waals surface area contributed by atoms with E-state index in [1.807, 2.05) is 37.2 Å². The lowest BCUT2D eigenvalue weighted by molar-refractivity contribution is -0.678. The summed E-state index contributed by atoms with van der Waals surface area (Å²) in [6.07, 6.45) is 15.6. The van der Waals surface area contributed by atoms with Gasteiger partial charge < -0.3 is 4.90 Å². The molecule has 35 heavy (non-hydrogen) atoms. The Morgan fingerprint density at radius 1 is 0.600 bits per heavy atom. The fourth-order valence-corrected chi connectivity index (χ4v) is 5.91. The number of hydrogen-bond acceptors (Lipinski definition) is 4. The Labute approximate surface area is 202 Å². The summed E-state index contributed by atoms with van der Waals surface area (Å²) in [5.41, 5.74) is 13.5. The second-order valence-corrected chi connectivity index (χ2v) is 9.08. The highest BCUT2D eigenvalue weighted by Crippen LogP contribution is 2.53. The van der Waals surface area contributed by atoms with Crippen LogP contribution in [0.2, 0.25) is 0 Å².